The third-order valence-corrected chi connectivity index (χ3v) is 7.10. The molecule has 32 heavy (non-hydrogen) atoms. The maximum atomic E-state index is 15.7. The first kappa shape index (κ1) is 22.8. The molecule has 0 aliphatic carbocycles. The molecule has 176 valence electrons. The number of primary amides is 1. The molecule has 2 amide bonds. The largest absolute Gasteiger partial charge is 0.410 e. The van der Waals surface area contributed by atoms with Gasteiger partial charge in [-0.3, -0.25) is 4.79 Å². The highest BCUT2D eigenvalue weighted by molar-refractivity contribution is 5.86. The first-order valence-corrected chi connectivity index (χ1v) is 11.7. The summed E-state index contributed by atoms with van der Waals surface area (Å²) in [4.78, 5) is 28.9. The lowest BCUT2D eigenvalue weighted by atomic mass is 9.78. The Hall–Kier alpha value is -2.35. The minimum atomic E-state index is -0.955. The van der Waals surface area contributed by atoms with Gasteiger partial charge in [0.15, 0.2) is 5.82 Å². The van der Waals surface area contributed by atoms with Crippen molar-refractivity contribution in [1.82, 2.24) is 4.90 Å². The van der Waals surface area contributed by atoms with E-state index in [4.69, 9.17) is 15.2 Å². The molecular weight excluding hydrogens is 413 g/mol. The van der Waals surface area contributed by atoms with Crippen LogP contribution in [0.1, 0.15) is 51.5 Å². The highest BCUT2D eigenvalue weighted by atomic mass is 19.1. The number of anilines is 1. The molecule has 3 saturated heterocycles. The van der Waals surface area contributed by atoms with Crippen molar-refractivity contribution >= 4 is 17.7 Å². The zero-order valence-electron chi connectivity index (χ0n) is 19.1. The van der Waals surface area contributed by atoms with Crippen LogP contribution >= 0.6 is 0 Å². The Balaban J connectivity index is 1.58. The molecular formula is C24H34FN3O4. The highest BCUT2D eigenvalue weighted by Gasteiger charge is 2.50. The predicted octanol–water partition coefficient (Wildman–Crippen LogP) is 3.48. The fraction of sp³-hybridized carbons (Fsp3) is 0.667. The van der Waals surface area contributed by atoms with Crippen LogP contribution in [-0.2, 0) is 16.0 Å². The van der Waals surface area contributed by atoms with Gasteiger partial charge in [0.1, 0.15) is 5.75 Å². The zero-order valence-corrected chi connectivity index (χ0v) is 19.1. The number of carbonyl (C=O) groups is 2. The van der Waals surface area contributed by atoms with Gasteiger partial charge in [0.25, 0.3) is 0 Å². The molecule has 3 aliphatic heterocycles. The van der Waals surface area contributed by atoms with E-state index >= 15 is 4.39 Å². The molecule has 4 rings (SSSR count). The first-order chi connectivity index (χ1) is 15.3. The minimum Gasteiger partial charge on any atom is -0.410 e. The Morgan fingerprint density at radius 1 is 1.28 bits per heavy atom. The standard InChI is InChI=1S/C24H34FN3O4/c1-16(2)14-18-20(32-23(26)30)5-4-19(21(18)25)27-10-3-8-24(15-27)9-11-28(22(24)29)17-6-12-31-13-7-17/h4-5,16-17H,3,6-15H2,1-2H3,(H2,26,30)/t24-/m1/s1. The average molecular weight is 448 g/mol. The van der Waals surface area contributed by atoms with Gasteiger partial charge in [-0.2, -0.15) is 0 Å². The quantitative estimate of drug-likeness (QED) is 0.747. The van der Waals surface area contributed by atoms with Crippen LogP contribution in [0.3, 0.4) is 0 Å². The van der Waals surface area contributed by atoms with Gasteiger partial charge in [0.05, 0.1) is 11.1 Å². The fourth-order valence-corrected chi connectivity index (χ4v) is 5.55. The van der Waals surface area contributed by atoms with Gasteiger partial charge in [0, 0.05) is 44.5 Å². The van der Waals surface area contributed by atoms with Crippen LogP contribution in [0.15, 0.2) is 12.1 Å². The molecule has 2 N–H and O–H groups in total. The van der Waals surface area contributed by atoms with E-state index in [-0.39, 0.29) is 29.4 Å². The van der Waals surface area contributed by atoms with Gasteiger partial charge < -0.3 is 25.0 Å². The Morgan fingerprint density at radius 2 is 2.03 bits per heavy atom. The van der Waals surface area contributed by atoms with E-state index in [9.17, 15) is 9.59 Å². The maximum absolute atomic E-state index is 15.7. The number of piperidine rings is 1. The van der Waals surface area contributed by atoms with Crippen molar-refractivity contribution in [3.8, 4) is 5.75 Å². The monoisotopic (exact) mass is 447 g/mol. The molecule has 1 aromatic rings. The Bertz CT molecular complexity index is 871. The molecule has 3 fully saturated rings. The Labute approximate surface area is 189 Å². The average Bonchev–Trinajstić information content (AvgIpc) is 3.06. The molecule has 0 bridgehead atoms. The summed E-state index contributed by atoms with van der Waals surface area (Å²) in [5.74, 6) is 0.167. The third kappa shape index (κ3) is 4.42. The van der Waals surface area contributed by atoms with E-state index in [0.29, 0.717) is 44.0 Å². The second kappa shape index (κ2) is 9.25. The first-order valence-electron chi connectivity index (χ1n) is 11.7. The molecule has 0 unspecified atom stereocenters. The molecule has 0 aromatic heterocycles. The lowest BCUT2D eigenvalue weighted by Gasteiger charge is -2.41. The number of rotatable bonds is 5. The van der Waals surface area contributed by atoms with Gasteiger partial charge in [-0.25, -0.2) is 9.18 Å². The molecule has 1 atom stereocenters. The number of likely N-dealkylation sites (tertiary alicyclic amines) is 1. The number of nitrogens with two attached hydrogens (primary N) is 1. The van der Waals surface area contributed by atoms with Gasteiger partial charge >= 0.3 is 6.09 Å². The van der Waals surface area contributed by atoms with Crippen LogP contribution in [0.25, 0.3) is 0 Å². The number of halogens is 1. The van der Waals surface area contributed by atoms with Crippen molar-refractivity contribution in [2.45, 2.75) is 58.4 Å². The van der Waals surface area contributed by atoms with Crippen LogP contribution in [-0.4, -0.2) is 55.8 Å². The van der Waals surface area contributed by atoms with E-state index < -0.39 is 11.5 Å². The maximum Gasteiger partial charge on any atom is 0.409 e. The van der Waals surface area contributed by atoms with E-state index in [2.05, 4.69) is 4.90 Å². The summed E-state index contributed by atoms with van der Waals surface area (Å²) in [5.41, 5.74) is 5.55. The van der Waals surface area contributed by atoms with Crippen molar-refractivity contribution < 1.29 is 23.5 Å². The smallest absolute Gasteiger partial charge is 0.409 e. The van der Waals surface area contributed by atoms with Crippen molar-refractivity contribution in [2.75, 3.05) is 37.7 Å². The SMILES string of the molecule is CC(C)Cc1c(OC(N)=O)ccc(N2CCC[C@@]3(CCN(C4CCOCC4)C3=O)C2)c1F. The predicted molar refractivity (Wildman–Crippen MR) is 119 cm³/mol. The molecule has 7 nitrogen and oxygen atoms in total. The number of amides is 2. The summed E-state index contributed by atoms with van der Waals surface area (Å²) < 4.78 is 26.2. The molecule has 3 heterocycles. The van der Waals surface area contributed by atoms with E-state index in [1.54, 1.807) is 12.1 Å². The zero-order chi connectivity index (χ0) is 22.9. The van der Waals surface area contributed by atoms with Gasteiger partial charge in [-0.05, 0) is 56.6 Å². The van der Waals surface area contributed by atoms with Crippen molar-refractivity contribution in [1.29, 1.82) is 0 Å². The topological polar surface area (TPSA) is 85.1 Å². The lowest BCUT2D eigenvalue weighted by Crippen LogP contribution is -2.50. The van der Waals surface area contributed by atoms with E-state index in [1.165, 1.54) is 0 Å². The molecule has 8 heteroatoms. The van der Waals surface area contributed by atoms with Crippen molar-refractivity contribution in [3.05, 3.63) is 23.5 Å². The number of hydrogen-bond donors (Lipinski definition) is 1. The summed E-state index contributed by atoms with van der Waals surface area (Å²) in [6.45, 7) is 7.36. The Morgan fingerprint density at radius 3 is 2.72 bits per heavy atom. The molecule has 0 saturated carbocycles. The number of benzene rings is 1. The Kier molecular flexibility index (Phi) is 6.60. The minimum absolute atomic E-state index is 0.168. The van der Waals surface area contributed by atoms with Crippen LogP contribution in [0.5, 0.6) is 5.75 Å². The van der Waals surface area contributed by atoms with Crippen LogP contribution in [0, 0.1) is 17.2 Å². The normalized spacial score (nSPS) is 24.6. The van der Waals surface area contributed by atoms with Crippen LogP contribution < -0.4 is 15.4 Å². The third-order valence-electron chi connectivity index (χ3n) is 7.10. The second-order valence-electron chi connectivity index (χ2n) is 9.79. The van der Waals surface area contributed by atoms with E-state index in [0.717, 1.165) is 38.6 Å². The summed E-state index contributed by atoms with van der Waals surface area (Å²) in [7, 11) is 0. The molecule has 3 aliphatic rings. The molecule has 1 spiro atoms. The van der Waals surface area contributed by atoms with Gasteiger partial charge in [0.2, 0.25) is 5.91 Å². The number of ether oxygens (including phenoxy) is 2. The molecule has 0 radical (unpaired) electrons. The van der Waals surface area contributed by atoms with Crippen LogP contribution in [0.4, 0.5) is 14.9 Å². The lowest BCUT2D eigenvalue weighted by molar-refractivity contribution is -0.139. The molecule has 1 aromatic carbocycles. The van der Waals surface area contributed by atoms with Gasteiger partial charge in [-0.15, -0.1) is 0 Å². The van der Waals surface area contributed by atoms with E-state index in [1.807, 2.05) is 18.7 Å². The van der Waals surface area contributed by atoms with Crippen molar-refractivity contribution in [2.24, 2.45) is 17.1 Å². The highest BCUT2D eigenvalue weighted by Crippen LogP contribution is 2.44. The summed E-state index contributed by atoms with van der Waals surface area (Å²) >= 11 is 0. The second-order valence-corrected chi connectivity index (χ2v) is 9.79. The number of hydrogen-bond acceptors (Lipinski definition) is 5. The number of carbonyl (C=O) groups excluding carboxylic acids is 2. The van der Waals surface area contributed by atoms with Crippen LogP contribution in [0.2, 0.25) is 0 Å². The summed E-state index contributed by atoms with van der Waals surface area (Å²) in [6.07, 6.45) is 3.74. The summed E-state index contributed by atoms with van der Waals surface area (Å²) in [6, 6.07) is 3.52. The van der Waals surface area contributed by atoms with Gasteiger partial charge in [-0.1, -0.05) is 13.8 Å². The number of nitrogens with zero attached hydrogens (tertiary/aromatic N) is 2. The van der Waals surface area contributed by atoms with Crippen molar-refractivity contribution in [3.63, 3.8) is 0 Å². The summed E-state index contributed by atoms with van der Waals surface area (Å²) in [5, 5.41) is 0. The fourth-order valence-electron chi connectivity index (χ4n) is 5.55.